The van der Waals surface area contributed by atoms with Gasteiger partial charge < -0.3 is 10.0 Å². The molecule has 2 N–H and O–H groups in total. The fraction of sp³-hybridized carbons (Fsp3) is 0.917. The fourth-order valence-electron chi connectivity index (χ4n) is 2.85. The van der Waals surface area contributed by atoms with Crippen molar-refractivity contribution >= 4 is 7.12 Å². The van der Waals surface area contributed by atoms with Gasteiger partial charge in [0.15, 0.2) is 0 Å². The quantitative estimate of drug-likeness (QED) is 0.718. The van der Waals surface area contributed by atoms with Gasteiger partial charge in [0.05, 0.1) is 12.0 Å². The molecule has 3 unspecified atom stereocenters. The van der Waals surface area contributed by atoms with Crippen LogP contribution in [-0.4, -0.2) is 17.2 Å². The third kappa shape index (κ3) is 3.23. The summed E-state index contributed by atoms with van der Waals surface area (Å²) >= 11 is 0. The van der Waals surface area contributed by atoms with Crippen molar-refractivity contribution in [3.63, 3.8) is 0 Å². The Labute approximate surface area is 98.6 Å². The Balaban J connectivity index is 2.61. The molecule has 0 aromatic rings. The molecule has 1 saturated carbocycles. The molecular formula is C12H22BNO2. The van der Waals surface area contributed by atoms with Crippen molar-refractivity contribution in [2.45, 2.75) is 51.8 Å². The van der Waals surface area contributed by atoms with Crippen LogP contribution in [0, 0.1) is 29.1 Å². The molecule has 3 nitrogen and oxygen atoms in total. The molecule has 0 heterocycles. The van der Waals surface area contributed by atoms with Crippen LogP contribution in [0.4, 0.5) is 0 Å². The van der Waals surface area contributed by atoms with Crippen molar-refractivity contribution in [1.82, 2.24) is 0 Å². The highest BCUT2D eigenvalue weighted by Gasteiger charge is 2.35. The lowest BCUT2D eigenvalue weighted by atomic mass is 9.61. The summed E-state index contributed by atoms with van der Waals surface area (Å²) in [5, 5.41) is 27.5. The second-order valence-corrected chi connectivity index (χ2v) is 5.18. The SMILES string of the molecule is CC(B(O)O)C(C#N)C(C)C1CCCCC1. The molecule has 0 aromatic heterocycles. The number of nitriles is 1. The summed E-state index contributed by atoms with van der Waals surface area (Å²) in [6.45, 7) is 3.83. The Morgan fingerprint density at radius 2 is 1.75 bits per heavy atom. The number of hydrogen-bond acceptors (Lipinski definition) is 3. The third-order valence-corrected chi connectivity index (χ3v) is 4.15. The highest BCUT2D eigenvalue weighted by Crippen LogP contribution is 2.38. The van der Waals surface area contributed by atoms with Crippen LogP contribution >= 0.6 is 0 Å². The van der Waals surface area contributed by atoms with Crippen LogP contribution in [0.25, 0.3) is 0 Å². The van der Waals surface area contributed by atoms with E-state index in [9.17, 15) is 15.3 Å². The van der Waals surface area contributed by atoms with E-state index < -0.39 is 7.12 Å². The van der Waals surface area contributed by atoms with Crippen molar-refractivity contribution in [3.05, 3.63) is 0 Å². The second-order valence-electron chi connectivity index (χ2n) is 5.18. The van der Waals surface area contributed by atoms with Crippen molar-refractivity contribution in [2.24, 2.45) is 17.8 Å². The van der Waals surface area contributed by atoms with Crippen LogP contribution in [0.5, 0.6) is 0 Å². The minimum Gasteiger partial charge on any atom is -0.427 e. The molecule has 0 amide bonds. The Bertz CT molecular complexity index is 246. The van der Waals surface area contributed by atoms with Gasteiger partial charge in [-0.25, -0.2) is 0 Å². The zero-order chi connectivity index (χ0) is 12.1. The molecule has 3 atom stereocenters. The Kier molecular flexibility index (Phi) is 5.31. The minimum absolute atomic E-state index is 0.247. The number of nitrogens with zero attached hydrogens (tertiary/aromatic N) is 1. The molecule has 16 heavy (non-hydrogen) atoms. The van der Waals surface area contributed by atoms with Crippen LogP contribution in [-0.2, 0) is 0 Å². The predicted octanol–water partition coefficient (Wildman–Crippen LogP) is 2.21. The summed E-state index contributed by atoms with van der Waals surface area (Å²) in [6, 6.07) is 2.26. The minimum atomic E-state index is -1.38. The van der Waals surface area contributed by atoms with Crippen molar-refractivity contribution in [1.29, 1.82) is 5.26 Å². The molecule has 0 radical (unpaired) electrons. The van der Waals surface area contributed by atoms with E-state index in [0.29, 0.717) is 5.92 Å². The highest BCUT2D eigenvalue weighted by molar-refractivity contribution is 6.43. The average Bonchev–Trinajstić information content (AvgIpc) is 2.30. The molecular weight excluding hydrogens is 201 g/mol. The van der Waals surface area contributed by atoms with E-state index in [1.165, 1.54) is 32.1 Å². The highest BCUT2D eigenvalue weighted by atomic mass is 16.4. The summed E-state index contributed by atoms with van der Waals surface area (Å²) in [5.74, 6) is 0.242. The molecule has 0 saturated heterocycles. The Morgan fingerprint density at radius 1 is 1.19 bits per heavy atom. The fourth-order valence-corrected chi connectivity index (χ4v) is 2.85. The lowest BCUT2D eigenvalue weighted by Gasteiger charge is -2.32. The second kappa shape index (κ2) is 6.27. The molecule has 1 aliphatic carbocycles. The van der Waals surface area contributed by atoms with E-state index in [4.69, 9.17) is 0 Å². The maximum atomic E-state index is 9.17. The van der Waals surface area contributed by atoms with Gasteiger partial charge in [-0.2, -0.15) is 5.26 Å². The zero-order valence-electron chi connectivity index (χ0n) is 10.3. The molecule has 0 spiro atoms. The van der Waals surface area contributed by atoms with Crippen LogP contribution in [0.1, 0.15) is 46.0 Å². The van der Waals surface area contributed by atoms with E-state index in [1.807, 2.05) is 0 Å². The summed E-state index contributed by atoms with van der Waals surface area (Å²) in [5.41, 5.74) is 0. The summed E-state index contributed by atoms with van der Waals surface area (Å²) in [7, 11) is -1.38. The van der Waals surface area contributed by atoms with Gasteiger partial charge in [-0.05, 0) is 11.8 Å². The maximum absolute atomic E-state index is 9.17. The standard InChI is InChI=1S/C12H22BNO2/c1-9(11-6-4-3-5-7-11)12(8-14)10(2)13(15)16/h9-12,15-16H,3-7H2,1-2H3. The smallest absolute Gasteiger partial charge is 0.427 e. The summed E-state index contributed by atoms with van der Waals surface area (Å²) in [4.78, 5) is 0. The van der Waals surface area contributed by atoms with E-state index in [-0.39, 0.29) is 17.7 Å². The molecule has 4 heteroatoms. The van der Waals surface area contributed by atoms with Gasteiger partial charge in [-0.3, -0.25) is 0 Å². The molecule has 0 aliphatic heterocycles. The molecule has 90 valence electrons. The third-order valence-electron chi connectivity index (χ3n) is 4.15. The zero-order valence-corrected chi connectivity index (χ0v) is 10.3. The first-order chi connectivity index (χ1) is 7.57. The van der Waals surface area contributed by atoms with Crippen LogP contribution < -0.4 is 0 Å². The van der Waals surface area contributed by atoms with E-state index in [0.717, 1.165) is 0 Å². The molecule has 0 bridgehead atoms. The average molecular weight is 223 g/mol. The van der Waals surface area contributed by atoms with Crippen LogP contribution in [0.3, 0.4) is 0 Å². The van der Waals surface area contributed by atoms with Gasteiger partial charge in [0, 0.05) is 5.82 Å². The van der Waals surface area contributed by atoms with Gasteiger partial charge in [0.25, 0.3) is 0 Å². The first-order valence-corrected chi connectivity index (χ1v) is 6.33. The summed E-state index contributed by atoms with van der Waals surface area (Å²) in [6.07, 6.45) is 6.19. The Hall–Kier alpha value is -0.525. The molecule has 1 rings (SSSR count). The van der Waals surface area contributed by atoms with Gasteiger partial charge in [-0.1, -0.05) is 46.0 Å². The first kappa shape index (κ1) is 13.5. The number of hydrogen-bond donors (Lipinski definition) is 2. The first-order valence-electron chi connectivity index (χ1n) is 6.33. The lowest BCUT2D eigenvalue weighted by molar-refractivity contribution is 0.209. The van der Waals surface area contributed by atoms with Gasteiger partial charge in [0.2, 0.25) is 0 Å². The molecule has 1 aliphatic rings. The predicted molar refractivity (Wildman–Crippen MR) is 64.5 cm³/mol. The van der Waals surface area contributed by atoms with Crippen molar-refractivity contribution in [2.75, 3.05) is 0 Å². The maximum Gasteiger partial charge on any atom is 0.455 e. The van der Waals surface area contributed by atoms with E-state index in [2.05, 4.69) is 13.0 Å². The van der Waals surface area contributed by atoms with E-state index in [1.54, 1.807) is 6.92 Å². The number of rotatable bonds is 4. The van der Waals surface area contributed by atoms with E-state index >= 15 is 0 Å². The van der Waals surface area contributed by atoms with Gasteiger partial charge >= 0.3 is 7.12 Å². The van der Waals surface area contributed by atoms with Gasteiger partial charge in [-0.15, -0.1) is 0 Å². The largest absolute Gasteiger partial charge is 0.455 e. The molecule has 1 fully saturated rings. The van der Waals surface area contributed by atoms with Crippen LogP contribution in [0.2, 0.25) is 5.82 Å². The van der Waals surface area contributed by atoms with Crippen molar-refractivity contribution in [3.8, 4) is 6.07 Å². The van der Waals surface area contributed by atoms with Crippen LogP contribution in [0.15, 0.2) is 0 Å². The summed E-state index contributed by atoms with van der Waals surface area (Å²) < 4.78 is 0. The topological polar surface area (TPSA) is 64.2 Å². The van der Waals surface area contributed by atoms with Crippen molar-refractivity contribution < 1.29 is 10.0 Å². The van der Waals surface area contributed by atoms with Gasteiger partial charge in [0.1, 0.15) is 0 Å². The Morgan fingerprint density at radius 3 is 2.19 bits per heavy atom. The lowest BCUT2D eigenvalue weighted by Crippen LogP contribution is -2.31. The normalized spacial score (nSPS) is 23.2. The monoisotopic (exact) mass is 223 g/mol. The molecule has 0 aromatic carbocycles.